The molecule has 0 fully saturated rings. The van der Waals surface area contributed by atoms with E-state index in [1.54, 1.807) is 24.3 Å². The Balaban J connectivity index is 1.25. The molecule has 0 atom stereocenters. The number of aromatic hydroxyl groups is 2. The van der Waals surface area contributed by atoms with Crippen LogP contribution in [0.5, 0.6) is 23.0 Å². The summed E-state index contributed by atoms with van der Waals surface area (Å²) in [6, 6.07) is 23.1. The number of rotatable bonds is 13. The molecule has 4 aromatic rings. The van der Waals surface area contributed by atoms with Crippen LogP contribution in [0.3, 0.4) is 0 Å². The Bertz CT molecular complexity index is 1640. The van der Waals surface area contributed by atoms with Crippen molar-refractivity contribution in [2.75, 3.05) is 0 Å². The summed E-state index contributed by atoms with van der Waals surface area (Å²) in [5, 5.41) is 19.6. The van der Waals surface area contributed by atoms with Crippen molar-refractivity contribution in [3.63, 3.8) is 0 Å². The average molecular weight is 593 g/mol. The summed E-state index contributed by atoms with van der Waals surface area (Å²) >= 11 is 0. The molecule has 0 spiro atoms. The van der Waals surface area contributed by atoms with Gasteiger partial charge in [0.1, 0.15) is 47.8 Å². The number of phenols is 2. The van der Waals surface area contributed by atoms with Crippen molar-refractivity contribution in [1.29, 1.82) is 0 Å². The molecule has 0 aliphatic carbocycles. The fourth-order valence-corrected chi connectivity index (χ4v) is 4.09. The van der Waals surface area contributed by atoms with Gasteiger partial charge in [-0.25, -0.2) is 8.78 Å². The molecule has 0 aliphatic rings. The maximum atomic E-state index is 13.9. The zero-order chi connectivity index (χ0) is 31.3. The lowest BCUT2D eigenvalue weighted by Crippen LogP contribution is -1.98. The van der Waals surface area contributed by atoms with Gasteiger partial charge in [-0.1, -0.05) is 92.4 Å². The third-order valence-electron chi connectivity index (χ3n) is 6.72. The molecule has 44 heavy (non-hydrogen) atoms. The molecule has 0 aliphatic heterocycles. The summed E-state index contributed by atoms with van der Waals surface area (Å²) in [7, 11) is 0. The van der Waals surface area contributed by atoms with E-state index >= 15 is 0 Å². The molecular formula is C38H34F2O4. The Hall–Kier alpha value is -5.36. The quantitative estimate of drug-likeness (QED) is 0.152. The first-order valence-corrected chi connectivity index (χ1v) is 14.1. The summed E-state index contributed by atoms with van der Waals surface area (Å²) in [4.78, 5) is 0. The number of hydrogen-bond donors (Lipinski definition) is 2. The number of ether oxygens (including phenoxy) is 2. The number of hydrogen-bond acceptors (Lipinski definition) is 4. The maximum Gasteiger partial charge on any atom is 0.133 e. The second kappa shape index (κ2) is 15.8. The van der Waals surface area contributed by atoms with Gasteiger partial charge in [-0.05, 0) is 77.2 Å². The van der Waals surface area contributed by atoms with Crippen LogP contribution in [0.25, 0.3) is 12.2 Å². The molecule has 2 N–H and O–H groups in total. The Labute approximate surface area is 256 Å². The minimum Gasteiger partial charge on any atom is -0.507 e. The first-order valence-electron chi connectivity index (χ1n) is 14.1. The fourth-order valence-electron chi connectivity index (χ4n) is 4.09. The van der Waals surface area contributed by atoms with Crippen LogP contribution in [0.4, 0.5) is 8.78 Å². The molecule has 0 amide bonds. The van der Waals surface area contributed by atoms with Crippen LogP contribution in [-0.2, 0) is 13.2 Å². The molecule has 4 nitrogen and oxygen atoms in total. The number of benzene rings is 4. The highest BCUT2D eigenvalue weighted by Gasteiger charge is 2.09. The van der Waals surface area contributed by atoms with Gasteiger partial charge >= 0.3 is 0 Å². The van der Waals surface area contributed by atoms with Crippen LogP contribution in [0.2, 0.25) is 0 Å². The van der Waals surface area contributed by atoms with E-state index in [1.807, 2.05) is 66.8 Å². The van der Waals surface area contributed by atoms with Crippen LogP contribution in [0.1, 0.15) is 35.6 Å². The van der Waals surface area contributed by atoms with Crippen LogP contribution in [-0.4, -0.2) is 10.2 Å². The molecule has 0 radical (unpaired) electrons. The lowest BCUT2D eigenvalue weighted by molar-refractivity contribution is 0.291. The lowest BCUT2D eigenvalue weighted by Gasteiger charge is -2.09. The Morgan fingerprint density at radius 1 is 0.682 bits per heavy atom. The smallest absolute Gasteiger partial charge is 0.133 e. The van der Waals surface area contributed by atoms with Crippen molar-refractivity contribution in [2.24, 2.45) is 0 Å². The molecule has 6 heteroatoms. The molecule has 224 valence electrons. The van der Waals surface area contributed by atoms with Gasteiger partial charge in [0, 0.05) is 0 Å². The standard InChI is InChI=1S/C38H34F2O4/c1-3-28(15-16-30-19-23-32(24-20-30)44-26-34-36(40)10-6-12-38(34)42)8-4-7-27(2)13-14-29-17-21-31(22-18-29)43-25-33-35(39)9-5-11-37(33)41/h4-24,41-42H,2-3,25-26H2,1H3/b7-4-,14-13+,16-15+,28-8+. The van der Waals surface area contributed by atoms with Crippen molar-refractivity contribution in [2.45, 2.75) is 26.6 Å². The number of allylic oxidation sites excluding steroid dienone is 7. The predicted octanol–water partition coefficient (Wildman–Crippen LogP) is 9.71. The van der Waals surface area contributed by atoms with E-state index in [0.717, 1.165) is 28.7 Å². The molecule has 0 unspecified atom stereocenters. The summed E-state index contributed by atoms with van der Waals surface area (Å²) in [6.45, 7) is 6.04. The van der Waals surface area contributed by atoms with Crippen LogP contribution in [0, 0.1) is 11.6 Å². The lowest BCUT2D eigenvalue weighted by atomic mass is 10.1. The first kappa shape index (κ1) is 31.6. The highest BCUT2D eigenvalue weighted by Crippen LogP contribution is 2.24. The highest BCUT2D eigenvalue weighted by atomic mass is 19.1. The van der Waals surface area contributed by atoms with Crippen molar-refractivity contribution in [1.82, 2.24) is 0 Å². The molecular weight excluding hydrogens is 558 g/mol. The Morgan fingerprint density at radius 2 is 1.16 bits per heavy atom. The summed E-state index contributed by atoms with van der Waals surface area (Å²) in [5.41, 5.74) is 4.15. The van der Waals surface area contributed by atoms with Gasteiger partial charge in [0.25, 0.3) is 0 Å². The van der Waals surface area contributed by atoms with E-state index in [1.165, 1.54) is 36.4 Å². The first-order chi connectivity index (χ1) is 21.3. The average Bonchev–Trinajstić information content (AvgIpc) is 3.02. The van der Waals surface area contributed by atoms with Gasteiger partial charge in [0.2, 0.25) is 0 Å². The van der Waals surface area contributed by atoms with Gasteiger partial charge in [0.15, 0.2) is 0 Å². The fraction of sp³-hybridized carbons (Fsp3) is 0.105. The molecule has 0 aromatic heterocycles. The zero-order valence-electron chi connectivity index (χ0n) is 24.4. The summed E-state index contributed by atoms with van der Waals surface area (Å²) < 4.78 is 39.0. The van der Waals surface area contributed by atoms with Crippen LogP contribution >= 0.6 is 0 Å². The van der Waals surface area contributed by atoms with E-state index < -0.39 is 11.6 Å². The minimum absolute atomic E-state index is 0.0598. The molecule has 0 heterocycles. The van der Waals surface area contributed by atoms with E-state index in [2.05, 4.69) is 13.5 Å². The van der Waals surface area contributed by atoms with E-state index in [0.29, 0.717) is 11.5 Å². The minimum atomic E-state index is -0.507. The molecule has 4 aromatic carbocycles. The normalized spacial score (nSPS) is 11.9. The van der Waals surface area contributed by atoms with Crippen molar-refractivity contribution in [3.05, 3.63) is 167 Å². The Kier molecular flexibility index (Phi) is 11.3. The predicted molar refractivity (Wildman–Crippen MR) is 172 cm³/mol. The summed E-state index contributed by atoms with van der Waals surface area (Å²) in [5.74, 6) is -0.122. The van der Waals surface area contributed by atoms with Gasteiger partial charge in [-0.2, -0.15) is 0 Å². The third-order valence-corrected chi connectivity index (χ3v) is 6.72. The summed E-state index contributed by atoms with van der Waals surface area (Å²) in [6.07, 6.45) is 14.7. The SMILES string of the molecule is C=C(\C=C/C=C(/C=C/c1ccc(OCc2c(O)cccc2F)cc1)CC)/C=C/c1ccc(OCc2c(O)cccc2F)cc1. The highest BCUT2D eigenvalue weighted by molar-refractivity contribution is 5.56. The van der Waals surface area contributed by atoms with Gasteiger partial charge < -0.3 is 19.7 Å². The van der Waals surface area contributed by atoms with Gasteiger partial charge in [-0.3, -0.25) is 0 Å². The van der Waals surface area contributed by atoms with Crippen molar-refractivity contribution >= 4 is 12.2 Å². The monoisotopic (exact) mass is 592 g/mol. The molecule has 0 saturated carbocycles. The third kappa shape index (κ3) is 9.33. The topological polar surface area (TPSA) is 58.9 Å². The van der Waals surface area contributed by atoms with Gasteiger partial charge in [0.05, 0.1) is 11.1 Å². The van der Waals surface area contributed by atoms with E-state index in [-0.39, 0.29) is 35.8 Å². The molecule has 4 rings (SSSR count). The van der Waals surface area contributed by atoms with Crippen LogP contribution in [0.15, 0.2) is 133 Å². The second-order valence-corrected chi connectivity index (χ2v) is 9.89. The molecule has 0 saturated heterocycles. The second-order valence-electron chi connectivity index (χ2n) is 9.89. The van der Waals surface area contributed by atoms with E-state index in [4.69, 9.17) is 9.47 Å². The maximum absolute atomic E-state index is 13.9. The number of halogens is 2. The van der Waals surface area contributed by atoms with Crippen molar-refractivity contribution in [3.8, 4) is 23.0 Å². The van der Waals surface area contributed by atoms with Crippen molar-refractivity contribution < 1.29 is 28.5 Å². The largest absolute Gasteiger partial charge is 0.507 e. The Morgan fingerprint density at radius 3 is 1.61 bits per heavy atom. The van der Waals surface area contributed by atoms with Gasteiger partial charge in [-0.15, -0.1) is 0 Å². The number of phenolic OH excluding ortho intramolecular Hbond substituents is 2. The molecule has 0 bridgehead atoms. The van der Waals surface area contributed by atoms with E-state index in [9.17, 15) is 19.0 Å². The zero-order valence-corrected chi connectivity index (χ0v) is 24.4. The van der Waals surface area contributed by atoms with Crippen LogP contribution < -0.4 is 9.47 Å².